The van der Waals surface area contributed by atoms with Crippen molar-refractivity contribution in [3.05, 3.63) is 53.3 Å². The van der Waals surface area contributed by atoms with Gasteiger partial charge in [-0.2, -0.15) is 0 Å². The lowest BCUT2D eigenvalue weighted by Gasteiger charge is -2.22. The van der Waals surface area contributed by atoms with Gasteiger partial charge in [-0.15, -0.1) is 0 Å². The third-order valence-corrected chi connectivity index (χ3v) is 5.45. The molecular weight excluding hydrogens is 354 g/mol. The Balaban J connectivity index is 1.55. The number of nitrogens with zero attached hydrogens (tertiary/aromatic N) is 2. The molecule has 7 heteroatoms. The van der Waals surface area contributed by atoms with E-state index in [1.807, 2.05) is 13.8 Å². The van der Waals surface area contributed by atoms with Crippen LogP contribution in [0.5, 0.6) is 0 Å². The number of hydrogen-bond acceptors (Lipinski definition) is 4. The summed E-state index contributed by atoms with van der Waals surface area (Å²) < 4.78 is 0. The van der Waals surface area contributed by atoms with Gasteiger partial charge in [0.15, 0.2) is 0 Å². The quantitative estimate of drug-likeness (QED) is 0.843. The van der Waals surface area contributed by atoms with E-state index in [9.17, 15) is 14.4 Å². The first-order valence-electron chi connectivity index (χ1n) is 8.22. The van der Waals surface area contributed by atoms with E-state index in [-0.39, 0.29) is 45.7 Å². The zero-order valence-corrected chi connectivity index (χ0v) is 14.9. The molecule has 1 saturated carbocycles. The molecule has 6 nitrogen and oxygen atoms in total. The number of benzene rings is 1. The summed E-state index contributed by atoms with van der Waals surface area (Å²) in [5.41, 5.74) is 0.813. The van der Waals surface area contributed by atoms with E-state index in [2.05, 4.69) is 10.3 Å². The number of anilines is 2. The molecule has 0 bridgehead atoms. The molecule has 2 aliphatic rings. The van der Waals surface area contributed by atoms with Gasteiger partial charge in [0, 0.05) is 11.9 Å². The Morgan fingerprint density at radius 2 is 1.85 bits per heavy atom. The minimum atomic E-state index is -0.370. The van der Waals surface area contributed by atoms with E-state index in [1.54, 1.807) is 30.3 Å². The lowest BCUT2D eigenvalue weighted by atomic mass is 10.1. The van der Waals surface area contributed by atoms with Crippen LogP contribution >= 0.6 is 11.6 Å². The summed E-state index contributed by atoms with van der Waals surface area (Å²) in [7, 11) is 0. The van der Waals surface area contributed by atoms with Gasteiger partial charge in [0.25, 0.3) is 5.91 Å². The highest BCUT2D eigenvalue weighted by Gasteiger charge is 2.72. The van der Waals surface area contributed by atoms with E-state index in [4.69, 9.17) is 11.6 Å². The van der Waals surface area contributed by atoms with Gasteiger partial charge in [0.05, 0.1) is 22.5 Å². The summed E-state index contributed by atoms with van der Waals surface area (Å²) in [4.78, 5) is 42.4. The van der Waals surface area contributed by atoms with E-state index < -0.39 is 0 Å². The molecule has 1 aliphatic carbocycles. The summed E-state index contributed by atoms with van der Waals surface area (Å²) in [6.45, 7) is 3.85. The van der Waals surface area contributed by atoms with Gasteiger partial charge in [0.2, 0.25) is 11.8 Å². The number of rotatable bonds is 3. The predicted octanol–water partition coefficient (Wildman–Crippen LogP) is 3.13. The summed E-state index contributed by atoms with van der Waals surface area (Å²) in [5, 5.41) is 2.92. The summed E-state index contributed by atoms with van der Waals surface area (Å²) in [5.74, 6) is -1.33. The van der Waals surface area contributed by atoms with Crippen molar-refractivity contribution >= 4 is 40.7 Å². The van der Waals surface area contributed by atoms with Crippen molar-refractivity contribution < 1.29 is 14.4 Å². The van der Waals surface area contributed by atoms with Crippen LogP contribution in [0.3, 0.4) is 0 Å². The van der Waals surface area contributed by atoms with Crippen LogP contribution in [0.2, 0.25) is 5.02 Å². The Bertz CT molecular complexity index is 918. The van der Waals surface area contributed by atoms with Gasteiger partial charge in [-0.3, -0.25) is 19.4 Å². The van der Waals surface area contributed by atoms with Crippen LogP contribution in [0.15, 0.2) is 42.6 Å². The van der Waals surface area contributed by atoms with Crippen LogP contribution in [0.4, 0.5) is 11.4 Å². The molecule has 1 aliphatic heterocycles. The maximum atomic E-state index is 12.5. The summed E-state index contributed by atoms with van der Waals surface area (Å²) in [6.07, 6.45) is 1.53. The maximum absolute atomic E-state index is 12.5. The van der Waals surface area contributed by atoms with Gasteiger partial charge in [-0.25, -0.2) is 4.90 Å². The second-order valence-electron chi connectivity index (χ2n) is 7.12. The monoisotopic (exact) mass is 369 g/mol. The molecule has 132 valence electrons. The number of halogens is 1. The number of amides is 3. The largest absolute Gasteiger partial charge is 0.321 e. The fourth-order valence-electron chi connectivity index (χ4n) is 3.64. The zero-order chi connectivity index (χ0) is 18.6. The van der Waals surface area contributed by atoms with Crippen LogP contribution in [-0.4, -0.2) is 22.7 Å². The summed E-state index contributed by atoms with van der Waals surface area (Å²) in [6, 6.07) is 9.74. The minimum absolute atomic E-state index is 0.211. The number of nitrogens with one attached hydrogen (secondary N) is 1. The van der Waals surface area contributed by atoms with Gasteiger partial charge in [-0.1, -0.05) is 31.5 Å². The zero-order valence-electron chi connectivity index (χ0n) is 14.2. The molecule has 1 aromatic carbocycles. The number of pyridine rings is 1. The topological polar surface area (TPSA) is 79.4 Å². The molecular formula is C19H16ClN3O3. The lowest BCUT2D eigenvalue weighted by molar-refractivity contribution is -0.125. The van der Waals surface area contributed by atoms with Gasteiger partial charge >= 0.3 is 0 Å². The van der Waals surface area contributed by atoms with Crippen LogP contribution in [0.1, 0.15) is 24.3 Å². The standard InChI is InChI=1S/C19H16ClN3O3/c1-19(2)14-15(19)18(26)23(17(14)25)13-7-6-10(9-11(13)20)22-16(24)12-5-3-4-8-21-12/h3-9,14-15H,1-2H3,(H,22,24)/t14-,15+. The number of imide groups is 1. The van der Waals surface area contributed by atoms with Crippen LogP contribution in [-0.2, 0) is 9.59 Å². The normalized spacial score (nSPS) is 23.0. The van der Waals surface area contributed by atoms with Crippen molar-refractivity contribution in [1.82, 2.24) is 4.98 Å². The van der Waals surface area contributed by atoms with Crippen LogP contribution in [0.25, 0.3) is 0 Å². The van der Waals surface area contributed by atoms with Crippen LogP contribution < -0.4 is 10.2 Å². The van der Waals surface area contributed by atoms with Crippen molar-refractivity contribution in [3.8, 4) is 0 Å². The Labute approximate surface area is 155 Å². The molecule has 1 aromatic heterocycles. The van der Waals surface area contributed by atoms with E-state index >= 15 is 0 Å². The highest BCUT2D eigenvalue weighted by Crippen LogP contribution is 2.64. The van der Waals surface area contributed by atoms with E-state index in [0.717, 1.165) is 4.90 Å². The molecule has 1 N–H and O–H groups in total. The predicted molar refractivity (Wildman–Crippen MR) is 96.9 cm³/mol. The average molecular weight is 370 g/mol. The minimum Gasteiger partial charge on any atom is -0.321 e. The first-order valence-corrected chi connectivity index (χ1v) is 8.60. The maximum Gasteiger partial charge on any atom is 0.274 e. The van der Waals surface area contributed by atoms with Crippen molar-refractivity contribution in [1.29, 1.82) is 0 Å². The van der Waals surface area contributed by atoms with E-state index in [1.165, 1.54) is 12.3 Å². The number of carbonyl (C=O) groups is 3. The Hall–Kier alpha value is -2.73. The number of aromatic nitrogens is 1. The molecule has 26 heavy (non-hydrogen) atoms. The summed E-state index contributed by atoms with van der Waals surface area (Å²) >= 11 is 6.29. The Morgan fingerprint density at radius 1 is 1.15 bits per heavy atom. The molecule has 0 spiro atoms. The molecule has 3 amide bonds. The van der Waals surface area contributed by atoms with Gasteiger partial charge in [0.1, 0.15) is 5.69 Å². The average Bonchev–Trinajstić information content (AvgIpc) is 3.07. The first kappa shape index (κ1) is 16.7. The molecule has 2 heterocycles. The molecule has 2 fully saturated rings. The first-order chi connectivity index (χ1) is 12.3. The lowest BCUT2D eigenvalue weighted by Crippen LogP contribution is -2.36. The second-order valence-corrected chi connectivity index (χ2v) is 7.53. The van der Waals surface area contributed by atoms with Crippen LogP contribution in [0, 0.1) is 17.3 Å². The molecule has 1 saturated heterocycles. The number of hydrogen-bond donors (Lipinski definition) is 1. The second kappa shape index (κ2) is 5.64. The number of fused-ring (bicyclic) bond motifs is 1. The molecule has 4 rings (SSSR count). The molecule has 2 atom stereocenters. The number of carbonyl (C=O) groups excluding carboxylic acids is 3. The fraction of sp³-hybridized carbons (Fsp3) is 0.263. The fourth-order valence-corrected chi connectivity index (χ4v) is 3.91. The molecule has 2 aromatic rings. The highest BCUT2D eigenvalue weighted by molar-refractivity contribution is 6.37. The SMILES string of the molecule is CC1(C)[C@@H]2C(=O)N(c3ccc(NC(=O)c4ccccn4)cc3Cl)C(=O)[C@@H]21. The van der Waals surface area contributed by atoms with Gasteiger partial charge in [-0.05, 0) is 35.7 Å². The van der Waals surface area contributed by atoms with Gasteiger partial charge < -0.3 is 5.32 Å². The highest BCUT2D eigenvalue weighted by atomic mass is 35.5. The molecule has 0 unspecified atom stereocenters. The smallest absolute Gasteiger partial charge is 0.274 e. The third kappa shape index (κ3) is 2.41. The van der Waals surface area contributed by atoms with Crippen molar-refractivity contribution in [2.75, 3.05) is 10.2 Å². The van der Waals surface area contributed by atoms with Crippen molar-refractivity contribution in [3.63, 3.8) is 0 Å². The molecule has 0 radical (unpaired) electrons. The van der Waals surface area contributed by atoms with E-state index in [0.29, 0.717) is 11.4 Å². The third-order valence-electron chi connectivity index (χ3n) is 5.14. The Kier molecular flexibility index (Phi) is 3.63. The van der Waals surface area contributed by atoms with Crippen molar-refractivity contribution in [2.24, 2.45) is 17.3 Å². The Morgan fingerprint density at radius 3 is 2.42 bits per heavy atom. The van der Waals surface area contributed by atoms with Crippen molar-refractivity contribution in [2.45, 2.75) is 13.8 Å². The number of piperidine rings is 1.